The van der Waals surface area contributed by atoms with Crippen LogP contribution in [0.15, 0.2) is 30.6 Å². The average molecular weight is 410 g/mol. The molecule has 10 nitrogen and oxygen atoms in total. The summed E-state index contributed by atoms with van der Waals surface area (Å²) in [5.74, 6) is 5.63. The molecule has 0 bridgehead atoms. The lowest BCUT2D eigenvalue weighted by Gasteiger charge is -2.27. The fourth-order valence-electron chi connectivity index (χ4n) is 3.15. The number of amides is 2. The number of nitrogens with one attached hydrogen (secondary N) is 3. The van der Waals surface area contributed by atoms with E-state index >= 15 is 0 Å². The first-order valence-electron chi connectivity index (χ1n) is 8.85. The summed E-state index contributed by atoms with van der Waals surface area (Å²) in [5, 5.41) is 20.4. The fourth-order valence-corrected chi connectivity index (χ4v) is 4.42. The largest absolute Gasteiger partial charge is 0.378 e. The van der Waals surface area contributed by atoms with Gasteiger partial charge in [0.15, 0.2) is 5.82 Å². The Labute approximate surface area is 170 Å². The van der Waals surface area contributed by atoms with Crippen LogP contribution >= 0.6 is 11.3 Å². The Morgan fingerprint density at radius 3 is 2.69 bits per heavy atom. The number of H-pyrrole nitrogens is 1. The molecule has 3 heterocycles. The van der Waals surface area contributed by atoms with Crippen LogP contribution in [0.4, 0.5) is 15.5 Å². The van der Waals surface area contributed by atoms with E-state index in [-0.39, 0.29) is 0 Å². The third-order valence-electron chi connectivity index (χ3n) is 4.48. The normalized spacial score (nSPS) is 13.7. The molecule has 0 spiro atoms. The maximum Gasteiger partial charge on any atom is 0.333 e. The van der Waals surface area contributed by atoms with E-state index in [1.54, 1.807) is 12.1 Å². The number of carbonyl (C=O) groups excluding carboxylic acids is 1. The number of morpholine rings is 1. The van der Waals surface area contributed by atoms with Crippen molar-refractivity contribution in [2.24, 2.45) is 5.84 Å². The van der Waals surface area contributed by atoms with Crippen LogP contribution < -0.4 is 21.5 Å². The Morgan fingerprint density at radius 2 is 2.07 bits per heavy atom. The van der Waals surface area contributed by atoms with Crippen LogP contribution in [0.5, 0.6) is 0 Å². The van der Waals surface area contributed by atoms with Crippen LogP contribution in [0.2, 0.25) is 0 Å². The summed E-state index contributed by atoms with van der Waals surface area (Å²) in [6.07, 6.45) is 1.51. The van der Waals surface area contributed by atoms with Crippen molar-refractivity contribution in [3.05, 3.63) is 36.2 Å². The number of hydrazine groups is 1. The fraction of sp³-hybridized carbons (Fsp3) is 0.222. The lowest BCUT2D eigenvalue weighted by atomic mass is 10.0. The number of nitrogens with zero attached hydrogens (tertiary/aromatic N) is 4. The first kappa shape index (κ1) is 18.9. The zero-order valence-corrected chi connectivity index (χ0v) is 16.1. The van der Waals surface area contributed by atoms with E-state index in [0.717, 1.165) is 34.1 Å². The summed E-state index contributed by atoms with van der Waals surface area (Å²) in [5.41, 5.74) is 4.78. The van der Waals surface area contributed by atoms with E-state index in [0.29, 0.717) is 30.3 Å². The number of aromatic nitrogens is 3. The van der Waals surface area contributed by atoms with Gasteiger partial charge in [-0.05, 0) is 17.7 Å². The molecular formula is C18H18N8O2S. The van der Waals surface area contributed by atoms with E-state index in [2.05, 4.69) is 31.5 Å². The van der Waals surface area contributed by atoms with Gasteiger partial charge in [0.25, 0.3) is 0 Å². The highest BCUT2D eigenvalue weighted by Gasteiger charge is 2.26. The highest BCUT2D eigenvalue weighted by Crippen LogP contribution is 2.46. The van der Waals surface area contributed by atoms with Gasteiger partial charge in [0.05, 0.1) is 23.7 Å². The number of thiophene rings is 1. The molecule has 1 saturated heterocycles. The maximum atomic E-state index is 11.4. The van der Waals surface area contributed by atoms with Crippen molar-refractivity contribution < 1.29 is 9.53 Å². The second-order valence-corrected chi connectivity index (χ2v) is 7.20. The van der Waals surface area contributed by atoms with E-state index in [9.17, 15) is 10.1 Å². The molecule has 1 aromatic carbocycles. The zero-order chi connectivity index (χ0) is 20.2. The number of urea groups is 1. The predicted molar refractivity (Wildman–Crippen MR) is 109 cm³/mol. The first-order chi connectivity index (χ1) is 14.2. The third-order valence-corrected chi connectivity index (χ3v) is 5.73. The van der Waals surface area contributed by atoms with Gasteiger partial charge >= 0.3 is 6.03 Å². The smallest absolute Gasteiger partial charge is 0.333 e. The molecule has 5 N–H and O–H groups in total. The number of nitrogens with two attached hydrogens (primary N) is 1. The number of anilines is 2. The number of aromatic amines is 1. The molecule has 0 atom stereocenters. The molecule has 0 aliphatic carbocycles. The van der Waals surface area contributed by atoms with Crippen molar-refractivity contribution in [2.45, 2.75) is 0 Å². The van der Waals surface area contributed by atoms with Crippen LogP contribution in [0.3, 0.4) is 0 Å². The van der Waals surface area contributed by atoms with Crippen molar-refractivity contribution >= 4 is 28.1 Å². The SMILES string of the molecule is N#Cc1c(N2CCOCC2)sc(-c2nc[nH]n2)c1-c1ccc(NC(=O)NN)cc1. The Balaban J connectivity index is 1.79. The molecule has 2 amide bonds. The summed E-state index contributed by atoms with van der Waals surface area (Å²) in [7, 11) is 0. The highest BCUT2D eigenvalue weighted by atomic mass is 32.1. The van der Waals surface area contributed by atoms with Gasteiger partial charge < -0.3 is 15.0 Å². The third kappa shape index (κ3) is 3.77. The Kier molecular flexibility index (Phi) is 5.39. The second kappa shape index (κ2) is 8.27. The van der Waals surface area contributed by atoms with Crippen LogP contribution in [-0.4, -0.2) is 47.5 Å². The summed E-state index contributed by atoms with van der Waals surface area (Å²) < 4.78 is 5.44. The van der Waals surface area contributed by atoms with Crippen molar-refractivity contribution in [3.63, 3.8) is 0 Å². The van der Waals surface area contributed by atoms with E-state index in [1.165, 1.54) is 17.7 Å². The molecule has 4 rings (SSSR count). The van der Waals surface area contributed by atoms with Crippen molar-refractivity contribution in [3.8, 4) is 27.9 Å². The standard InChI is InChI=1S/C18H18N8O2S/c19-9-13-14(11-1-3-12(4-2-11)23-18(27)24-20)15(16-21-10-22-25-16)29-17(13)26-5-7-28-8-6-26/h1-4,10H,5-8,20H2,(H,21,22,25)(H2,23,24,27). The van der Waals surface area contributed by atoms with E-state index in [4.69, 9.17) is 10.6 Å². The van der Waals surface area contributed by atoms with Gasteiger partial charge in [0.2, 0.25) is 0 Å². The van der Waals surface area contributed by atoms with Crippen molar-refractivity contribution in [1.29, 1.82) is 5.26 Å². The van der Waals surface area contributed by atoms with Gasteiger partial charge in [0.1, 0.15) is 17.4 Å². The van der Waals surface area contributed by atoms with Crippen LogP contribution in [0.1, 0.15) is 5.56 Å². The molecule has 11 heteroatoms. The number of hydrogen-bond acceptors (Lipinski definition) is 8. The Morgan fingerprint density at radius 1 is 1.31 bits per heavy atom. The molecule has 1 fully saturated rings. The molecule has 0 saturated carbocycles. The lowest BCUT2D eigenvalue weighted by molar-refractivity contribution is 0.123. The van der Waals surface area contributed by atoms with E-state index in [1.807, 2.05) is 17.6 Å². The molecule has 0 unspecified atom stereocenters. The number of benzene rings is 1. The lowest BCUT2D eigenvalue weighted by Crippen LogP contribution is -2.36. The van der Waals surface area contributed by atoms with Crippen LogP contribution in [0.25, 0.3) is 21.8 Å². The summed E-state index contributed by atoms with van der Waals surface area (Å²) in [6.45, 7) is 2.69. The minimum Gasteiger partial charge on any atom is -0.378 e. The van der Waals surface area contributed by atoms with Gasteiger partial charge in [0, 0.05) is 24.3 Å². The summed E-state index contributed by atoms with van der Waals surface area (Å²) in [4.78, 5) is 18.7. The quantitative estimate of drug-likeness (QED) is 0.292. The van der Waals surface area contributed by atoms with Gasteiger partial charge in [-0.1, -0.05) is 12.1 Å². The van der Waals surface area contributed by atoms with Gasteiger partial charge in [-0.15, -0.1) is 11.3 Å². The second-order valence-electron chi connectivity index (χ2n) is 6.20. The number of rotatable bonds is 4. The first-order valence-corrected chi connectivity index (χ1v) is 9.66. The van der Waals surface area contributed by atoms with Gasteiger partial charge in [-0.2, -0.15) is 10.4 Å². The van der Waals surface area contributed by atoms with Gasteiger partial charge in [-0.3, -0.25) is 10.5 Å². The monoisotopic (exact) mass is 410 g/mol. The number of hydrogen-bond donors (Lipinski definition) is 4. The molecule has 29 heavy (non-hydrogen) atoms. The Bertz CT molecular complexity index is 1030. The number of carbonyl (C=O) groups is 1. The molecule has 3 aromatic rings. The molecule has 148 valence electrons. The molecule has 1 aliphatic heterocycles. The molecule has 1 aliphatic rings. The summed E-state index contributed by atoms with van der Waals surface area (Å²) >= 11 is 1.49. The summed E-state index contributed by atoms with van der Waals surface area (Å²) in [6, 6.07) is 9.03. The van der Waals surface area contributed by atoms with Crippen LogP contribution in [0, 0.1) is 11.3 Å². The topological polar surface area (TPSA) is 145 Å². The Hall–Kier alpha value is -3.46. The van der Waals surface area contributed by atoms with Crippen LogP contribution in [-0.2, 0) is 4.74 Å². The average Bonchev–Trinajstić information content (AvgIpc) is 3.42. The molecule has 0 radical (unpaired) electrons. The zero-order valence-electron chi connectivity index (χ0n) is 15.3. The number of nitriles is 1. The number of ether oxygens (including phenoxy) is 1. The maximum absolute atomic E-state index is 11.4. The molecular weight excluding hydrogens is 392 g/mol. The minimum atomic E-state index is -0.512. The minimum absolute atomic E-state index is 0.512. The van der Waals surface area contributed by atoms with Crippen molar-refractivity contribution in [1.82, 2.24) is 20.6 Å². The molecule has 2 aromatic heterocycles. The predicted octanol–water partition coefficient (Wildman–Crippen LogP) is 1.90. The van der Waals surface area contributed by atoms with Gasteiger partial charge in [-0.25, -0.2) is 15.6 Å². The van der Waals surface area contributed by atoms with Crippen molar-refractivity contribution in [2.75, 3.05) is 36.5 Å². The van der Waals surface area contributed by atoms with E-state index < -0.39 is 6.03 Å². The highest BCUT2D eigenvalue weighted by molar-refractivity contribution is 7.20.